The van der Waals surface area contributed by atoms with E-state index in [1.54, 1.807) is 6.07 Å². The van der Waals surface area contributed by atoms with Gasteiger partial charge in [-0.3, -0.25) is 4.79 Å². The summed E-state index contributed by atoms with van der Waals surface area (Å²) in [4.78, 5) is 14.7. The highest BCUT2D eigenvalue weighted by Gasteiger charge is 2.34. The maximum Gasteiger partial charge on any atom is 0.246 e. The maximum absolute atomic E-state index is 12.5. The van der Waals surface area contributed by atoms with Crippen LogP contribution in [0.15, 0.2) is 23.2 Å². The molecular formula is C12H14N4O3S. The molecule has 2 heterocycles. The lowest BCUT2D eigenvalue weighted by Gasteiger charge is -2.17. The Hall–Kier alpha value is -1.98. The van der Waals surface area contributed by atoms with Crippen molar-refractivity contribution in [2.45, 2.75) is 24.3 Å². The fourth-order valence-electron chi connectivity index (χ4n) is 2.17. The van der Waals surface area contributed by atoms with Crippen molar-refractivity contribution in [2.75, 3.05) is 13.1 Å². The Bertz CT molecular complexity index is 666. The lowest BCUT2D eigenvalue weighted by atomic mass is 10.3. The number of nitriles is 1. The van der Waals surface area contributed by atoms with Gasteiger partial charge in [0.1, 0.15) is 11.0 Å². The van der Waals surface area contributed by atoms with Crippen LogP contribution in [-0.4, -0.2) is 42.7 Å². The zero-order valence-corrected chi connectivity index (χ0v) is 11.7. The van der Waals surface area contributed by atoms with Gasteiger partial charge in [0.25, 0.3) is 0 Å². The summed E-state index contributed by atoms with van der Waals surface area (Å²) in [6, 6.07) is 4.44. The summed E-state index contributed by atoms with van der Waals surface area (Å²) >= 11 is 0. The predicted molar refractivity (Wildman–Crippen MR) is 69.9 cm³/mol. The van der Waals surface area contributed by atoms with Gasteiger partial charge in [0.15, 0.2) is 5.69 Å². The lowest BCUT2D eigenvalue weighted by molar-refractivity contribution is -0.119. The Kier molecular flexibility index (Phi) is 4.01. The molecule has 1 saturated heterocycles. The monoisotopic (exact) mass is 294 g/mol. The van der Waals surface area contributed by atoms with Crippen molar-refractivity contribution in [3.63, 3.8) is 0 Å². The molecule has 1 aromatic rings. The minimum absolute atomic E-state index is 0.0917. The molecule has 1 aromatic heterocycles. The summed E-state index contributed by atoms with van der Waals surface area (Å²) in [7, 11) is -3.75. The van der Waals surface area contributed by atoms with Gasteiger partial charge in [-0.05, 0) is 18.6 Å². The molecule has 1 unspecified atom stereocenters. The fourth-order valence-corrected chi connectivity index (χ4v) is 3.77. The molecule has 20 heavy (non-hydrogen) atoms. The topological polar surface area (TPSA) is 103 Å². The number of aromatic nitrogens is 1. The third-order valence-corrected chi connectivity index (χ3v) is 4.95. The van der Waals surface area contributed by atoms with Crippen molar-refractivity contribution in [3.8, 4) is 6.07 Å². The highest BCUT2D eigenvalue weighted by Crippen LogP contribution is 2.22. The first-order chi connectivity index (χ1) is 9.45. The van der Waals surface area contributed by atoms with Crippen LogP contribution in [0.1, 0.15) is 19.0 Å². The van der Waals surface area contributed by atoms with Gasteiger partial charge in [-0.15, -0.1) is 0 Å². The standard InChI is InChI=1S/C12H14N4O3S/c1-9(17)15-10-4-6-16(8-10)20(18,19)12-3-2-5-14-11(12)7-13/h2-3,5,10H,4,6,8H2,1H3,(H,15,17). The molecule has 7 nitrogen and oxygen atoms in total. The number of pyridine rings is 1. The fraction of sp³-hybridized carbons (Fsp3) is 0.417. The Labute approximate surface area is 117 Å². The molecule has 8 heteroatoms. The molecule has 1 aliphatic rings. The van der Waals surface area contributed by atoms with Gasteiger partial charge in [0.05, 0.1) is 0 Å². The molecule has 1 aliphatic heterocycles. The molecule has 0 saturated carbocycles. The average molecular weight is 294 g/mol. The molecule has 0 bridgehead atoms. The van der Waals surface area contributed by atoms with E-state index in [0.29, 0.717) is 13.0 Å². The Morgan fingerprint density at radius 1 is 1.60 bits per heavy atom. The molecule has 0 spiro atoms. The Balaban J connectivity index is 2.24. The van der Waals surface area contributed by atoms with Gasteiger partial charge in [-0.2, -0.15) is 9.57 Å². The first kappa shape index (κ1) is 14.4. The molecule has 1 amide bonds. The number of hydrogen-bond acceptors (Lipinski definition) is 5. The van der Waals surface area contributed by atoms with Crippen molar-refractivity contribution >= 4 is 15.9 Å². The van der Waals surface area contributed by atoms with Crippen molar-refractivity contribution in [2.24, 2.45) is 0 Å². The largest absolute Gasteiger partial charge is 0.352 e. The molecule has 0 aromatic carbocycles. The van der Waals surface area contributed by atoms with E-state index in [1.165, 1.54) is 29.6 Å². The normalized spacial score (nSPS) is 19.5. The van der Waals surface area contributed by atoms with E-state index in [4.69, 9.17) is 5.26 Å². The van der Waals surface area contributed by atoms with Crippen LogP contribution >= 0.6 is 0 Å². The number of nitrogens with zero attached hydrogens (tertiary/aromatic N) is 3. The number of rotatable bonds is 3. The Morgan fingerprint density at radius 2 is 2.35 bits per heavy atom. The minimum Gasteiger partial charge on any atom is -0.352 e. The minimum atomic E-state index is -3.75. The van der Waals surface area contributed by atoms with Crippen molar-refractivity contribution in [1.82, 2.24) is 14.6 Å². The van der Waals surface area contributed by atoms with Crippen molar-refractivity contribution in [1.29, 1.82) is 5.26 Å². The van der Waals surface area contributed by atoms with Crippen LogP contribution in [0.5, 0.6) is 0 Å². The molecule has 1 atom stereocenters. The molecule has 0 aliphatic carbocycles. The molecule has 0 radical (unpaired) electrons. The summed E-state index contributed by atoms with van der Waals surface area (Å²) in [6.07, 6.45) is 1.93. The summed E-state index contributed by atoms with van der Waals surface area (Å²) in [6.45, 7) is 1.92. The van der Waals surface area contributed by atoms with Gasteiger partial charge in [-0.1, -0.05) is 0 Å². The molecule has 1 fully saturated rings. The van der Waals surface area contributed by atoms with E-state index in [2.05, 4.69) is 10.3 Å². The highest BCUT2D eigenvalue weighted by atomic mass is 32.2. The molecular weight excluding hydrogens is 280 g/mol. The van der Waals surface area contributed by atoms with Crippen LogP contribution in [0, 0.1) is 11.3 Å². The van der Waals surface area contributed by atoms with E-state index in [-0.39, 0.29) is 29.1 Å². The van der Waals surface area contributed by atoms with E-state index in [1.807, 2.05) is 0 Å². The third kappa shape index (κ3) is 2.79. The summed E-state index contributed by atoms with van der Waals surface area (Å²) in [5.74, 6) is -0.187. The van der Waals surface area contributed by atoms with E-state index >= 15 is 0 Å². The number of carbonyl (C=O) groups is 1. The van der Waals surface area contributed by atoms with Crippen molar-refractivity contribution < 1.29 is 13.2 Å². The van der Waals surface area contributed by atoms with Crippen molar-refractivity contribution in [3.05, 3.63) is 24.0 Å². The quantitative estimate of drug-likeness (QED) is 0.835. The van der Waals surface area contributed by atoms with Gasteiger partial charge in [0.2, 0.25) is 15.9 Å². The Morgan fingerprint density at radius 3 is 3.00 bits per heavy atom. The first-order valence-corrected chi connectivity index (χ1v) is 7.51. The zero-order chi connectivity index (χ0) is 14.8. The van der Waals surface area contributed by atoms with E-state index in [0.717, 1.165) is 0 Å². The number of hydrogen-bond donors (Lipinski definition) is 1. The smallest absolute Gasteiger partial charge is 0.246 e. The van der Waals surface area contributed by atoms with Gasteiger partial charge >= 0.3 is 0 Å². The first-order valence-electron chi connectivity index (χ1n) is 6.07. The van der Waals surface area contributed by atoms with Gasteiger partial charge in [0, 0.05) is 32.3 Å². The van der Waals surface area contributed by atoms with Crippen LogP contribution in [0.3, 0.4) is 0 Å². The SMILES string of the molecule is CC(=O)NC1CCN(S(=O)(=O)c2cccnc2C#N)C1. The number of sulfonamides is 1. The van der Waals surface area contributed by atoms with Crippen LogP contribution in [0.25, 0.3) is 0 Å². The third-order valence-electron chi connectivity index (χ3n) is 3.05. The highest BCUT2D eigenvalue weighted by molar-refractivity contribution is 7.89. The van der Waals surface area contributed by atoms with Gasteiger partial charge in [-0.25, -0.2) is 13.4 Å². The second-order valence-electron chi connectivity index (χ2n) is 4.51. The second kappa shape index (κ2) is 5.56. The van der Waals surface area contributed by atoms with Crippen LogP contribution in [0.4, 0.5) is 0 Å². The zero-order valence-electron chi connectivity index (χ0n) is 10.9. The van der Waals surface area contributed by atoms with Crippen LogP contribution in [0.2, 0.25) is 0 Å². The summed E-state index contributed by atoms with van der Waals surface area (Å²) in [5.41, 5.74) is -0.115. The van der Waals surface area contributed by atoms with Gasteiger partial charge < -0.3 is 5.32 Å². The molecule has 2 rings (SSSR count). The average Bonchev–Trinajstić information content (AvgIpc) is 2.87. The number of amides is 1. The van der Waals surface area contributed by atoms with Crippen LogP contribution < -0.4 is 5.32 Å². The summed E-state index contributed by atoms with van der Waals surface area (Å²) < 4.78 is 26.2. The molecule has 1 N–H and O–H groups in total. The predicted octanol–water partition coefficient (Wildman–Crippen LogP) is -0.148. The van der Waals surface area contributed by atoms with E-state index < -0.39 is 10.0 Å². The second-order valence-corrected chi connectivity index (χ2v) is 6.42. The van der Waals surface area contributed by atoms with E-state index in [9.17, 15) is 13.2 Å². The number of carbonyl (C=O) groups excluding carboxylic acids is 1. The number of nitrogens with one attached hydrogen (secondary N) is 1. The lowest BCUT2D eigenvalue weighted by Crippen LogP contribution is -2.37. The summed E-state index contributed by atoms with van der Waals surface area (Å²) in [5, 5.41) is 11.6. The maximum atomic E-state index is 12.5. The molecule has 106 valence electrons. The van der Waals surface area contributed by atoms with Crippen LogP contribution in [-0.2, 0) is 14.8 Å².